The van der Waals surface area contributed by atoms with Crippen molar-refractivity contribution in [3.63, 3.8) is 0 Å². The van der Waals surface area contributed by atoms with Gasteiger partial charge in [0.25, 0.3) is 0 Å². The van der Waals surface area contributed by atoms with Crippen molar-refractivity contribution in [2.24, 2.45) is 10.9 Å². The third-order valence-electron chi connectivity index (χ3n) is 6.20. The van der Waals surface area contributed by atoms with Crippen LogP contribution in [-0.4, -0.2) is 52.4 Å². The molecule has 0 aromatic carbocycles. The van der Waals surface area contributed by atoms with E-state index in [9.17, 15) is 4.79 Å². The van der Waals surface area contributed by atoms with Crippen LogP contribution in [0, 0.1) is 5.92 Å². The predicted molar refractivity (Wildman–Crippen MR) is 126 cm³/mol. The highest BCUT2D eigenvalue weighted by atomic mass is 16.6. The number of piperazine rings is 1. The monoisotopic (exact) mass is 415 g/mol. The molecule has 2 aliphatic rings. The van der Waals surface area contributed by atoms with Gasteiger partial charge in [-0.25, -0.2) is 4.79 Å². The Morgan fingerprint density at radius 1 is 1.10 bits per heavy atom. The molecule has 2 rings (SSSR count). The molecule has 0 N–H and O–H groups in total. The van der Waals surface area contributed by atoms with Crippen molar-refractivity contribution in [2.75, 3.05) is 13.1 Å². The standard InChI is InChI=1S/C25H41N3O2/c1-10-22(21-13-12-14-21)23(19(5)26-11-2)20(6)27-15-18(4)28(16-17(27)3)24(29)30-25(7,8)9/h10-11,17-18,21H,2,12-16H2,1,3-9H3/b22-10-,23-20-,26-19?/t17-,18?/m0/s1. The summed E-state index contributed by atoms with van der Waals surface area (Å²) in [6.45, 7) is 21.7. The lowest BCUT2D eigenvalue weighted by Gasteiger charge is -2.46. The van der Waals surface area contributed by atoms with Crippen LogP contribution in [0.4, 0.5) is 4.79 Å². The molecular formula is C25H41N3O2. The minimum Gasteiger partial charge on any atom is -0.444 e. The number of nitrogens with zero attached hydrogens (tertiary/aromatic N) is 3. The maximum atomic E-state index is 12.7. The van der Waals surface area contributed by atoms with E-state index in [1.165, 1.54) is 36.1 Å². The van der Waals surface area contributed by atoms with Crippen LogP contribution in [0.5, 0.6) is 0 Å². The molecule has 2 atom stereocenters. The van der Waals surface area contributed by atoms with Crippen LogP contribution >= 0.6 is 0 Å². The van der Waals surface area contributed by atoms with Gasteiger partial charge in [-0.1, -0.05) is 19.1 Å². The van der Waals surface area contributed by atoms with E-state index in [1.54, 1.807) is 6.20 Å². The van der Waals surface area contributed by atoms with Crippen LogP contribution in [0.3, 0.4) is 0 Å². The number of ether oxygens (including phenoxy) is 1. The van der Waals surface area contributed by atoms with Gasteiger partial charge >= 0.3 is 6.09 Å². The van der Waals surface area contributed by atoms with E-state index < -0.39 is 5.60 Å². The van der Waals surface area contributed by atoms with E-state index in [0.717, 1.165) is 12.3 Å². The summed E-state index contributed by atoms with van der Waals surface area (Å²) in [5, 5.41) is 0. The van der Waals surface area contributed by atoms with E-state index in [-0.39, 0.29) is 18.2 Å². The van der Waals surface area contributed by atoms with Gasteiger partial charge in [0, 0.05) is 48.4 Å². The molecule has 2 fully saturated rings. The molecule has 0 aromatic rings. The van der Waals surface area contributed by atoms with E-state index >= 15 is 0 Å². The van der Waals surface area contributed by atoms with E-state index in [1.807, 2.05) is 25.7 Å². The fourth-order valence-corrected chi connectivity index (χ4v) is 4.50. The summed E-state index contributed by atoms with van der Waals surface area (Å²) >= 11 is 0. The van der Waals surface area contributed by atoms with Gasteiger partial charge < -0.3 is 14.5 Å². The summed E-state index contributed by atoms with van der Waals surface area (Å²) in [4.78, 5) is 21.5. The maximum absolute atomic E-state index is 12.7. The topological polar surface area (TPSA) is 45.1 Å². The molecule has 1 saturated heterocycles. The van der Waals surface area contributed by atoms with Gasteiger partial charge in [0.2, 0.25) is 0 Å². The third kappa shape index (κ3) is 5.55. The number of aliphatic imine (C=N–C) groups is 1. The number of carbonyl (C=O) groups is 1. The molecule has 5 heteroatoms. The Labute approximate surface area is 183 Å². The summed E-state index contributed by atoms with van der Waals surface area (Å²) in [6.07, 6.45) is 7.45. The summed E-state index contributed by atoms with van der Waals surface area (Å²) in [6, 6.07) is 0.265. The summed E-state index contributed by atoms with van der Waals surface area (Å²) in [5.41, 5.74) is 4.41. The number of carbonyl (C=O) groups excluding carboxylic acids is 1. The van der Waals surface area contributed by atoms with Crippen molar-refractivity contribution >= 4 is 11.8 Å². The average molecular weight is 416 g/mol. The lowest BCUT2D eigenvalue weighted by atomic mass is 9.75. The molecule has 168 valence electrons. The maximum Gasteiger partial charge on any atom is 0.410 e. The zero-order chi connectivity index (χ0) is 22.6. The Morgan fingerprint density at radius 3 is 2.13 bits per heavy atom. The molecule has 1 aliphatic carbocycles. The second-order valence-corrected chi connectivity index (χ2v) is 9.71. The minimum atomic E-state index is -0.484. The number of rotatable bonds is 5. The highest BCUT2D eigenvalue weighted by Crippen LogP contribution is 2.39. The molecule has 5 nitrogen and oxygen atoms in total. The molecule has 1 saturated carbocycles. The lowest BCUT2D eigenvalue weighted by molar-refractivity contribution is -0.00420. The first-order valence-corrected chi connectivity index (χ1v) is 11.3. The normalized spacial score (nSPS) is 24.9. The first kappa shape index (κ1) is 24.2. The van der Waals surface area contributed by atoms with Crippen LogP contribution in [-0.2, 0) is 4.74 Å². The summed E-state index contributed by atoms with van der Waals surface area (Å²) in [5.74, 6) is 0.616. The Balaban J connectivity index is 2.34. The molecule has 0 radical (unpaired) electrons. The van der Waals surface area contributed by atoms with Gasteiger partial charge in [-0.15, -0.1) is 0 Å². The Bertz CT molecular complexity index is 738. The molecule has 1 heterocycles. The first-order valence-electron chi connectivity index (χ1n) is 11.3. The van der Waals surface area contributed by atoms with Gasteiger partial charge in [-0.05, 0) is 79.7 Å². The second kappa shape index (κ2) is 9.84. The van der Waals surface area contributed by atoms with E-state index in [2.05, 4.69) is 57.2 Å². The van der Waals surface area contributed by atoms with Crippen LogP contribution < -0.4 is 0 Å². The number of amides is 1. The Kier molecular flexibility index (Phi) is 7.95. The molecule has 0 bridgehead atoms. The lowest BCUT2D eigenvalue weighted by Crippen LogP contribution is -2.58. The fraction of sp³-hybridized carbons (Fsp3) is 0.680. The van der Waals surface area contributed by atoms with Crippen LogP contribution in [0.15, 0.2) is 40.7 Å². The number of allylic oxidation sites excluding steroid dienone is 4. The van der Waals surface area contributed by atoms with Gasteiger partial charge in [0.1, 0.15) is 5.60 Å². The summed E-state index contributed by atoms with van der Waals surface area (Å²) in [7, 11) is 0. The predicted octanol–water partition coefficient (Wildman–Crippen LogP) is 5.94. The summed E-state index contributed by atoms with van der Waals surface area (Å²) < 4.78 is 5.64. The second-order valence-electron chi connectivity index (χ2n) is 9.71. The molecule has 0 spiro atoms. The SMILES string of the molecule is C=CN=C(C)C(/C(=C\C)C1CCC1)=C(\C)N1CC(C)N(C(=O)OC(C)(C)C)C[C@@H]1C. The van der Waals surface area contributed by atoms with Crippen molar-refractivity contribution in [1.29, 1.82) is 0 Å². The van der Waals surface area contributed by atoms with Gasteiger partial charge in [-0.3, -0.25) is 4.99 Å². The van der Waals surface area contributed by atoms with Crippen molar-refractivity contribution in [3.05, 3.63) is 35.7 Å². The molecule has 30 heavy (non-hydrogen) atoms. The van der Waals surface area contributed by atoms with Crippen molar-refractivity contribution in [3.8, 4) is 0 Å². The van der Waals surface area contributed by atoms with Gasteiger partial charge in [0.15, 0.2) is 0 Å². The number of hydrogen-bond acceptors (Lipinski definition) is 4. The van der Waals surface area contributed by atoms with Crippen molar-refractivity contribution in [2.45, 2.75) is 92.3 Å². The Hall–Kier alpha value is -2.04. The zero-order valence-corrected chi connectivity index (χ0v) is 20.3. The minimum absolute atomic E-state index is 0.0710. The largest absolute Gasteiger partial charge is 0.444 e. The van der Waals surface area contributed by atoms with Crippen molar-refractivity contribution in [1.82, 2.24) is 9.80 Å². The molecule has 1 amide bonds. The average Bonchev–Trinajstić information content (AvgIpc) is 2.59. The van der Waals surface area contributed by atoms with Crippen LogP contribution in [0.2, 0.25) is 0 Å². The van der Waals surface area contributed by atoms with Crippen LogP contribution in [0.1, 0.15) is 74.7 Å². The molecule has 0 aromatic heterocycles. The van der Waals surface area contributed by atoms with E-state index in [0.29, 0.717) is 12.5 Å². The first-order chi connectivity index (χ1) is 14.0. The quantitative estimate of drug-likeness (QED) is 0.412. The third-order valence-corrected chi connectivity index (χ3v) is 6.20. The van der Waals surface area contributed by atoms with E-state index in [4.69, 9.17) is 4.74 Å². The molecular weight excluding hydrogens is 374 g/mol. The smallest absolute Gasteiger partial charge is 0.410 e. The zero-order valence-electron chi connectivity index (χ0n) is 20.3. The highest BCUT2D eigenvalue weighted by molar-refractivity contribution is 6.03. The van der Waals surface area contributed by atoms with Gasteiger partial charge in [0.05, 0.1) is 0 Å². The molecule has 1 aliphatic heterocycles. The van der Waals surface area contributed by atoms with Gasteiger partial charge in [-0.2, -0.15) is 0 Å². The highest BCUT2D eigenvalue weighted by Gasteiger charge is 2.36. The van der Waals surface area contributed by atoms with Crippen molar-refractivity contribution < 1.29 is 9.53 Å². The number of hydrogen-bond donors (Lipinski definition) is 0. The van der Waals surface area contributed by atoms with Crippen LogP contribution in [0.25, 0.3) is 0 Å². The Morgan fingerprint density at radius 2 is 1.67 bits per heavy atom. The fourth-order valence-electron chi connectivity index (χ4n) is 4.50. The molecule has 1 unspecified atom stereocenters.